The van der Waals surface area contributed by atoms with Gasteiger partial charge >= 0.3 is 0 Å². The van der Waals surface area contributed by atoms with Gasteiger partial charge in [-0.05, 0) is 44.2 Å². The van der Waals surface area contributed by atoms with E-state index in [2.05, 4.69) is 31.3 Å². The van der Waals surface area contributed by atoms with Gasteiger partial charge in [-0.1, -0.05) is 17.7 Å². The highest BCUT2D eigenvalue weighted by molar-refractivity contribution is 5.43. The van der Waals surface area contributed by atoms with Crippen molar-refractivity contribution in [2.75, 3.05) is 20.2 Å². The molecule has 3 nitrogen and oxygen atoms in total. The van der Waals surface area contributed by atoms with E-state index in [0.717, 1.165) is 25.4 Å². The molecular weight excluding hydrogens is 224 g/mol. The van der Waals surface area contributed by atoms with Gasteiger partial charge in [0.15, 0.2) is 0 Å². The molecule has 1 saturated carbocycles. The van der Waals surface area contributed by atoms with Crippen LogP contribution in [0.15, 0.2) is 12.1 Å². The van der Waals surface area contributed by atoms with E-state index in [1.165, 1.54) is 29.5 Å². The molecule has 18 heavy (non-hydrogen) atoms. The summed E-state index contributed by atoms with van der Waals surface area (Å²) in [6.45, 7) is 6.88. The molecule has 3 heteroatoms. The fraction of sp³-hybridized carbons (Fsp3) is 0.600. The van der Waals surface area contributed by atoms with E-state index in [9.17, 15) is 0 Å². The van der Waals surface area contributed by atoms with Gasteiger partial charge in [-0.2, -0.15) is 0 Å². The number of methoxy groups -OCH3 is 1. The third kappa shape index (κ3) is 2.85. The first-order valence-electron chi connectivity index (χ1n) is 6.65. The highest BCUT2D eigenvalue weighted by atomic mass is 16.5. The number of benzene rings is 1. The molecule has 100 valence electrons. The van der Waals surface area contributed by atoms with Crippen molar-refractivity contribution in [1.29, 1.82) is 0 Å². The average molecular weight is 248 g/mol. The minimum Gasteiger partial charge on any atom is -0.496 e. The maximum Gasteiger partial charge on any atom is 0.126 e. The van der Waals surface area contributed by atoms with E-state index >= 15 is 0 Å². The molecule has 0 unspecified atom stereocenters. The Kier molecular flexibility index (Phi) is 3.93. The first-order valence-corrected chi connectivity index (χ1v) is 6.65. The molecule has 0 amide bonds. The van der Waals surface area contributed by atoms with Crippen LogP contribution < -0.4 is 15.8 Å². The number of ether oxygens (including phenoxy) is 1. The van der Waals surface area contributed by atoms with Gasteiger partial charge < -0.3 is 15.8 Å². The maximum atomic E-state index is 5.79. The van der Waals surface area contributed by atoms with Gasteiger partial charge in [0.25, 0.3) is 0 Å². The number of hydrogen-bond acceptors (Lipinski definition) is 3. The predicted octanol–water partition coefficient (Wildman–Crippen LogP) is 2.14. The third-order valence-electron chi connectivity index (χ3n) is 3.91. The van der Waals surface area contributed by atoms with Gasteiger partial charge in [0.1, 0.15) is 5.75 Å². The van der Waals surface area contributed by atoms with E-state index in [1.54, 1.807) is 7.11 Å². The van der Waals surface area contributed by atoms with Crippen LogP contribution in [0, 0.1) is 19.3 Å². The first kappa shape index (κ1) is 13.4. The first-order chi connectivity index (χ1) is 8.60. The standard InChI is InChI=1S/C15H24N2O/c1-11-6-12(2)14(18-3)13(7-11)8-17-10-15(9-16)4-5-15/h6-7,17H,4-5,8-10,16H2,1-3H3. The van der Waals surface area contributed by atoms with Crippen LogP contribution >= 0.6 is 0 Å². The minimum absolute atomic E-state index is 0.381. The lowest BCUT2D eigenvalue weighted by molar-refractivity contribution is 0.401. The summed E-state index contributed by atoms with van der Waals surface area (Å²) in [5, 5.41) is 3.52. The monoisotopic (exact) mass is 248 g/mol. The molecular formula is C15H24N2O. The van der Waals surface area contributed by atoms with E-state index in [1.807, 2.05) is 0 Å². The SMILES string of the molecule is COc1c(C)cc(C)cc1CNCC1(CN)CC1. The van der Waals surface area contributed by atoms with Crippen LogP contribution in [0.3, 0.4) is 0 Å². The van der Waals surface area contributed by atoms with Crippen molar-refractivity contribution in [2.45, 2.75) is 33.2 Å². The van der Waals surface area contributed by atoms with Crippen molar-refractivity contribution in [1.82, 2.24) is 5.32 Å². The Hall–Kier alpha value is -1.06. The number of nitrogens with one attached hydrogen (secondary N) is 1. The molecule has 0 radical (unpaired) electrons. The van der Waals surface area contributed by atoms with E-state index in [0.29, 0.717) is 5.41 Å². The highest BCUT2D eigenvalue weighted by Gasteiger charge is 2.40. The van der Waals surface area contributed by atoms with Crippen LogP contribution in [-0.2, 0) is 6.54 Å². The second kappa shape index (κ2) is 5.29. The Bertz CT molecular complexity index is 425. The van der Waals surface area contributed by atoms with Crippen molar-refractivity contribution in [3.63, 3.8) is 0 Å². The van der Waals surface area contributed by atoms with Crippen LogP contribution in [0.4, 0.5) is 0 Å². The Morgan fingerprint density at radius 2 is 2.06 bits per heavy atom. The summed E-state index contributed by atoms with van der Waals surface area (Å²) in [4.78, 5) is 0. The zero-order chi connectivity index (χ0) is 13.2. The Morgan fingerprint density at radius 3 is 2.61 bits per heavy atom. The second-order valence-electron chi connectivity index (χ2n) is 5.58. The molecule has 2 rings (SSSR count). The molecule has 0 spiro atoms. The third-order valence-corrected chi connectivity index (χ3v) is 3.91. The van der Waals surface area contributed by atoms with Gasteiger partial charge in [-0.15, -0.1) is 0 Å². The van der Waals surface area contributed by atoms with Gasteiger partial charge in [-0.25, -0.2) is 0 Å². The molecule has 1 fully saturated rings. The Morgan fingerprint density at radius 1 is 1.33 bits per heavy atom. The summed E-state index contributed by atoms with van der Waals surface area (Å²) in [5.74, 6) is 1.01. The van der Waals surface area contributed by atoms with E-state index < -0.39 is 0 Å². The van der Waals surface area contributed by atoms with Crippen LogP contribution in [0.25, 0.3) is 0 Å². The summed E-state index contributed by atoms with van der Waals surface area (Å²) >= 11 is 0. The van der Waals surface area contributed by atoms with Crippen LogP contribution in [0.2, 0.25) is 0 Å². The van der Waals surface area contributed by atoms with Crippen molar-refractivity contribution >= 4 is 0 Å². The summed E-state index contributed by atoms with van der Waals surface area (Å²) < 4.78 is 5.49. The summed E-state index contributed by atoms with van der Waals surface area (Å²) in [6, 6.07) is 4.35. The van der Waals surface area contributed by atoms with Crippen molar-refractivity contribution in [3.8, 4) is 5.75 Å². The molecule has 0 aliphatic heterocycles. The number of aryl methyl sites for hydroxylation is 2. The van der Waals surface area contributed by atoms with Gasteiger partial charge in [0.2, 0.25) is 0 Å². The maximum absolute atomic E-state index is 5.79. The largest absolute Gasteiger partial charge is 0.496 e. The minimum atomic E-state index is 0.381. The molecule has 0 saturated heterocycles. The lowest BCUT2D eigenvalue weighted by Crippen LogP contribution is -2.29. The van der Waals surface area contributed by atoms with Crippen molar-refractivity contribution in [3.05, 3.63) is 28.8 Å². The molecule has 0 bridgehead atoms. The summed E-state index contributed by atoms with van der Waals surface area (Å²) in [6.07, 6.45) is 2.53. The number of nitrogens with two attached hydrogens (primary N) is 1. The zero-order valence-electron chi connectivity index (χ0n) is 11.7. The lowest BCUT2D eigenvalue weighted by Gasteiger charge is -2.16. The lowest BCUT2D eigenvalue weighted by atomic mass is 10.0. The smallest absolute Gasteiger partial charge is 0.126 e. The highest BCUT2D eigenvalue weighted by Crippen LogP contribution is 2.43. The fourth-order valence-corrected chi connectivity index (χ4v) is 2.56. The summed E-state index contributed by atoms with van der Waals surface area (Å²) in [7, 11) is 1.74. The molecule has 3 N–H and O–H groups in total. The van der Waals surface area contributed by atoms with Crippen LogP contribution in [0.1, 0.15) is 29.5 Å². The summed E-state index contributed by atoms with van der Waals surface area (Å²) in [5.41, 5.74) is 9.89. The van der Waals surface area contributed by atoms with Crippen molar-refractivity contribution in [2.24, 2.45) is 11.1 Å². The van der Waals surface area contributed by atoms with Gasteiger partial charge in [-0.3, -0.25) is 0 Å². The molecule has 1 aromatic rings. The Balaban J connectivity index is 2.00. The van der Waals surface area contributed by atoms with Gasteiger partial charge in [0.05, 0.1) is 7.11 Å². The molecule has 1 aromatic carbocycles. The van der Waals surface area contributed by atoms with Gasteiger partial charge in [0, 0.05) is 18.7 Å². The topological polar surface area (TPSA) is 47.3 Å². The fourth-order valence-electron chi connectivity index (χ4n) is 2.56. The Labute approximate surface area is 110 Å². The second-order valence-corrected chi connectivity index (χ2v) is 5.58. The average Bonchev–Trinajstić information content (AvgIpc) is 3.09. The molecule has 0 aromatic heterocycles. The van der Waals surface area contributed by atoms with E-state index in [4.69, 9.17) is 10.5 Å². The number of rotatable bonds is 6. The van der Waals surface area contributed by atoms with E-state index in [-0.39, 0.29) is 0 Å². The molecule has 0 heterocycles. The molecule has 1 aliphatic carbocycles. The van der Waals surface area contributed by atoms with Crippen LogP contribution in [-0.4, -0.2) is 20.2 Å². The van der Waals surface area contributed by atoms with Crippen molar-refractivity contribution < 1.29 is 4.74 Å². The normalized spacial score (nSPS) is 16.7. The predicted molar refractivity (Wildman–Crippen MR) is 74.9 cm³/mol. The molecule has 0 atom stereocenters. The van der Waals surface area contributed by atoms with Crippen LogP contribution in [0.5, 0.6) is 5.75 Å². The number of hydrogen-bond donors (Lipinski definition) is 2. The molecule has 1 aliphatic rings. The zero-order valence-corrected chi connectivity index (χ0v) is 11.7. The quantitative estimate of drug-likeness (QED) is 0.811.